The molecule has 124 valence electrons. The number of hydrogen-bond donors (Lipinski definition) is 1. The Balaban J connectivity index is 1.40. The summed E-state index contributed by atoms with van der Waals surface area (Å²) in [5.74, 6) is -0.184. The van der Waals surface area contributed by atoms with E-state index in [-0.39, 0.29) is 17.7 Å². The smallest absolute Gasteiger partial charge is 0.229 e. The van der Waals surface area contributed by atoms with Gasteiger partial charge in [-0.15, -0.1) is 11.3 Å². The van der Waals surface area contributed by atoms with Crippen LogP contribution < -0.4 is 5.32 Å². The maximum Gasteiger partial charge on any atom is 0.229 e. The normalized spacial score (nSPS) is 20.5. The Morgan fingerprint density at radius 3 is 2.67 bits per heavy atom. The lowest BCUT2D eigenvalue weighted by atomic mass is 10.1. The van der Waals surface area contributed by atoms with Crippen LogP contribution in [0, 0.1) is 12.8 Å². The van der Waals surface area contributed by atoms with E-state index in [0.29, 0.717) is 19.0 Å². The molecule has 1 aliphatic heterocycles. The van der Waals surface area contributed by atoms with Crippen LogP contribution in [-0.2, 0) is 9.59 Å². The number of aryl methyl sites for hydroxylation is 1. The quantitative estimate of drug-likeness (QED) is 0.930. The van der Waals surface area contributed by atoms with Crippen LogP contribution in [0.1, 0.15) is 25.0 Å². The van der Waals surface area contributed by atoms with Crippen molar-refractivity contribution in [2.24, 2.45) is 5.92 Å². The summed E-state index contributed by atoms with van der Waals surface area (Å²) in [6, 6.07) is 8.09. The van der Waals surface area contributed by atoms with Gasteiger partial charge < -0.3 is 10.2 Å². The molecular weight excluding hydrogens is 322 g/mol. The van der Waals surface area contributed by atoms with Gasteiger partial charge in [-0.1, -0.05) is 0 Å². The maximum absolute atomic E-state index is 12.4. The van der Waals surface area contributed by atoms with Gasteiger partial charge in [-0.25, -0.2) is 4.98 Å². The molecule has 0 spiro atoms. The fourth-order valence-electron chi connectivity index (χ4n) is 3.07. The minimum absolute atomic E-state index is 0.0654. The van der Waals surface area contributed by atoms with Gasteiger partial charge in [0.2, 0.25) is 11.8 Å². The van der Waals surface area contributed by atoms with E-state index in [9.17, 15) is 9.59 Å². The number of hydrogen-bond acceptors (Lipinski definition) is 4. The first kappa shape index (κ1) is 15.3. The van der Waals surface area contributed by atoms with Crippen LogP contribution in [0.15, 0.2) is 29.6 Å². The zero-order chi connectivity index (χ0) is 16.7. The lowest BCUT2D eigenvalue weighted by Gasteiger charge is -2.15. The summed E-state index contributed by atoms with van der Waals surface area (Å²) in [6.07, 6.45) is 2.49. The number of carbonyl (C=O) groups is 2. The van der Waals surface area contributed by atoms with Gasteiger partial charge in [0.05, 0.1) is 5.92 Å². The highest BCUT2D eigenvalue weighted by Crippen LogP contribution is 2.33. The Bertz CT molecular complexity index is 780. The van der Waals surface area contributed by atoms with Crippen molar-refractivity contribution in [3.05, 3.63) is 35.3 Å². The second-order valence-corrected chi connectivity index (χ2v) is 7.40. The molecule has 2 heterocycles. The predicted molar refractivity (Wildman–Crippen MR) is 93.8 cm³/mol. The zero-order valence-electron chi connectivity index (χ0n) is 13.5. The highest BCUT2D eigenvalue weighted by molar-refractivity contribution is 7.13. The molecule has 24 heavy (non-hydrogen) atoms. The number of nitrogens with one attached hydrogen (secondary N) is 1. The van der Waals surface area contributed by atoms with E-state index >= 15 is 0 Å². The summed E-state index contributed by atoms with van der Waals surface area (Å²) in [5.41, 5.74) is 2.81. The third kappa shape index (κ3) is 3.06. The number of rotatable bonds is 4. The molecule has 2 amide bonds. The van der Waals surface area contributed by atoms with Crippen LogP contribution in [0.25, 0.3) is 10.6 Å². The molecule has 0 unspecified atom stereocenters. The van der Waals surface area contributed by atoms with Crippen molar-refractivity contribution in [1.82, 2.24) is 9.88 Å². The van der Waals surface area contributed by atoms with E-state index in [0.717, 1.165) is 34.8 Å². The number of nitrogens with zero attached hydrogens (tertiary/aromatic N) is 2. The molecule has 2 fully saturated rings. The van der Waals surface area contributed by atoms with Crippen molar-refractivity contribution in [1.29, 1.82) is 0 Å². The molecule has 2 aliphatic rings. The average molecular weight is 341 g/mol. The third-order valence-electron chi connectivity index (χ3n) is 4.54. The molecule has 1 aromatic carbocycles. The minimum atomic E-state index is -0.237. The van der Waals surface area contributed by atoms with Crippen LogP contribution in [0.5, 0.6) is 0 Å². The molecular formula is C18H19N3O2S. The van der Waals surface area contributed by atoms with Crippen LogP contribution >= 0.6 is 11.3 Å². The second-order valence-electron chi connectivity index (χ2n) is 6.54. The van der Waals surface area contributed by atoms with Gasteiger partial charge in [-0.3, -0.25) is 9.59 Å². The van der Waals surface area contributed by atoms with Gasteiger partial charge in [0, 0.05) is 41.3 Å². The summed E-state index contributed by atoms with van der Waals surface area (Å²) in [5, 5.41) is 5.93. The number of anilines is 1. The van der Waals surface area contributed by atoms with Crippen molar-refractivity contribution >= 4 is 28.8 Å². The Hall–Kier alpha value is -2.21. The first-order valence-corrected chi connectivity index (χ1v) is 9.11. The molecule has 0 bridgehead atoms. The molecule has 2 aromatic rings. The highest BCUT2D eigenvalue weighted by atomic mass is 32.1. The lowest BCUT2D eigenvalue weighted by molar-refractivity contribution is -0.128. The molecule has 6 heteroatoms. The summed E-state index contributed by atoms with van der Waals surface area (Å²) in [4.78, 5) is 30.7. The third-order valence-corrected chi connectivity index (χ3v) is 5.54. The van der Waals surface area contributed by atoms with Gasteiger partial charge in [0.25, 0.3) is 0 Å². The summed E-state index contributed by atoms with van der Waals surface area (Å²) in [6.45, 7) is 2.54. The predicted octanol–water partition coefficient (Wildman–Crippen LogP) is 3.07. The molecule has 1 saturated heterocycles. The summed E-state index contributed by atoms with van der Waals surface area (Å²) >= 11 is 1.61. The van der Waals surface area contributed by atoms with Crippen molar-refractivity contribution in [2.75, 3.05) is 11.9 Å². The van der Waals surface area contributed by atoms with Crippen LogP contribution in [0.4, 0.5) is 5.69 Å². The Morgan fingerprint density at radius 1 is 1.29 bits per heavy atom. The Morgan fingerprint density at radius 2 is 2.04 bits per heavy atom. The van der Waals surface area contributed by atoms with Gasteiger partial charge >= 0.3 is 0 Å². The number of carbonyl (C=O) groups excluding carboxylic acids is 2. The largest absolute Gasteiger partial charge is 0.339 e. The van der Waals surface area contributed by atoms with E-state index in [1.54, 1.807) is 11.3 Å². The van der Waals surface area contributed by atoms with E-state index in [4.69, 9.17) is 0 Å². The molecule has 1 N–H and O–H groups in total. The Labute approximate surface area is 144 Å². The SMILES string of the molecule is Cc1csc(-c2ccc(NC(=O)[C@@H]3CC(=O)N(C4CC4)C3)cc2)n1. The molecule has 5 nitrogen and oxygen atoms in total. The van der Waals surface area contributed by atoms with Crippen LogP contribution in [0.2, 0.25) is 0 Å². The van der Waals surface area contributed by atoms with E-state index < -0.39 is 0 Å². The molecule has 1 aliphatic carbocycles. The summed E-state index contributed by atoms with van der Waals surface area (Å²) < 4.78 is 0. The molecule has 4 rings (SSSR count). The molecule has 1 aromatic heterocycles. The second kappa shape index (κ2) is 6.02. The van der Waals surface area contributed by atoms with E-state index in [2.05, 4.69) is 10.3 Å². The van der Waals surface area contributed by atoms with Gasteiger partial charge in [0.1, 0.15) is 5.01 Å². The Kier molecular flexibility index (Phi) is 3.84. The first-order valence-electron chi connectivity index (χ1n) is 8.23. The average Bonchev–Trinajstić information content (AvgIpc) is 3.20. The molecule has 0 radical (unpaired) electrons. The highest BCUT2D eigenvalue weighted by Gasteiger charge is 2.41. The number of amides is 2. The molecule has 1 saturated carbocycles. The lowest BCUT2D eigenvalue weighted by Crippen LogP contribution is -2.29. The topological polar surface area (TPSA) is 62.3 Å². The number of likely N-dealkylation sites (tertiary alicyclic amines) is 1. The van der Waals surface area contributed by atoms with E-state index in [1.165, 1.54) is 0 Å². The van der Waals surface area contributed by atoms with Crippen LogP contribution in [-0.4, -0.2) is 34.3 Å². The fraction of sp³-hybridized carbons (Fsp3) is 0.389. The van der Waals surface area contributed by atoms with Gasteiger partial charge in [-0.2, -0.15) is 0 Å². The van der Waals surface area contributed by atoms with Gasteiger partial charge in [0.15, 0.2) is 0 Å². The summed E-state index contributed by atoms with van der Waals surface area (Å²) in [7, 11) is 0. The van der Waals surface area contributed by atoms with Crippen molar-refractivity contribution in [2.45, 2.75) is 32.2 Å². The van der Waals surface area contributed by atoms with Crippen molar-refractivity contribution in [3.8, 4) is 10.6 Å². The first-order chi connectivity index (χ1) is 11.6. The van der Waals surface area contributed by atoms with E-state index in [1.807, 2.05) is 41.5 Å². The number of benzene rings is 1. The van der Waals surface area contributed by atoms with Crippen LogP contribution in [0.3, 0.4) is 0 Å². The molecule has 1 atom stereocenters. The fourth-order valence-corrected chi connectivity index (χ4v) is 3.88. The number of aromatic nitrogens is 1. The maximum atomic E-state index is 12.4. The standard InChI is InChI=1S/C18H19N3O2S/c1-11-10-24-18(19-11)12-2-4-14(5-3-12)20-17(23)13-8-16(22)21(9-13)15-6-7-15/h2-5,10,13,15H,6-9H2,1H3,(H,20,23)/t13-/m1/s1. The van der Waals surface area contributed by atoms with Gasteiger partial charge in [-0.05, 0) is 44.0 Å². The number of thiazole rings is 1. The zero-order valence-corrected chi connectivity index (χ0v) is 14.3. The van der Waals surface area contributed by atoms with Crippen molar-refractivity contribution in [3.63, 3.8) is 0 Å². The van der Waals surface area contributed by atoms with Crippen molar-refractivity contribution < 1.29 is 9.59 Å². The minimum Gasteiger partial charge on any atom is -0.339 e. The monoisotopic (exact) mass is 341 g/mol.